The number of aliphatic hydroxyl groups excluding tert-OH is 1. The highest BCUT2D eigenvalue weighted by molar-refractivity contribution is 6.30. The van der Waals surface area contributed by atoms with E-state index in [0.29, 0.717) is 36.8 Å². The number of hydrogen-bond acceptors (Lipinski definition) is 8. The largest absolute Gasteiger partial charge is 0.490 e. The number of carbonyl (C=O) groups is 2. The molecule has 2 aromatic carbocycles. The van der Waals surface area contributed by atoms with E-state index in [2.05, 4.69) is 22.3 Å². The van der Waals surface area contributed by atoms with Gasteiger partial charge in [-0.3, -0.25) is 14.7 Å². The van der Waals surface area contributed by atoms with Crippen molar-refractivity contribution in [1.82, 2.24) is 10.2 Å². The van der Waals surface area contributed by atoms with Crippen LogP contribution in [-0.2, 0) is 27.4 Å². The second-order valence-electron chi connectivity index (χ2n) is 10.1. The first-order valence-corrected chi connectivity index (χ1v) is 13.8. The number of piperidine rings is 1. The van der Waals surface area contributed by atoms with Gasteiger partial charge in [0.25, 0.3) is 0 Å². The molecule has 0 aliphatic carbocycles. The minimum Gasteiger partial charge on any atom is -0.475 e. The molecule has 9 nitrogen and oxygen atoms in total. The summed E-state index contributed by atoms with van der Waals surface area (Å²) in [4.78, 5) is 34.4. The number of nitrogens with one attached hydrogen (secondary N) is 1. The molecule has 2 aromatic rings. The zero-order valence-corrected chi connectivity index (χ0v) is 23.9. The van der Waals surface area contributed by atoms with Crippen LogP contribution in [0.15, 0.2) is 36.4 Å². The minimum absolute atomic E-state index is 0.155. The second-order valence-corrected chi connectivity index (χ2v) is 10.5. The monoisotopic (exact) mass is 619 g/mol. The molecule has 2 aliphatic rings. The Balaban J connectivity index is 0.000000616. The number of nitrogens with zero attached hydrogens (tertiary/aromatic N) is 2. The predicted octanol–water partition coefficient (Wildman–Crippen LogP) is 4.34. The number of benzene rings is 2. The van der Waals surface area contributed by atoms with Crippen molar-refractivity contribution >= 4 is 29.2 Å². The van der Waals surface area contributed by atoms with Gasteiger partial charge < -0.3 is 20.4 Å². The molecule has 2 fully saturated rings. The Bertz CT molecular complexity index is 1210. The third-order valence-electron chi connectivity index (χ3n) is 7.00. The highest BCUT2D eigenvalue weighted by atomic mass is 35.5. The summed E-state index contributed by atoms with van der Waals surface area (Å²) in [6.07, 6.45) is -3.29. The fraction of sp³-hybridized carbons (Fsp3) is 0.500. The maximum atomic E-state index is 14.6. The molecule has 2 saturated heterocycles. The first-order chi connectivity index (χ1) is 19.8. The summed E-state index contributed by atoms with van der Waals surface area (Å²) >= 11 is 5.99. The molecule has 0 radical (unpaired) electrons. The van der Waals surface area contributed by atoms with Gasteiger partial charge in [-0.2, -0.15) is 13.2 Å². The number of carbonyl (C=O) groups excluding carboxylic acids is 1. The number of carboxylic acid groups (broad SMARTS) is 1. The number of halogens is 5. The molecule has 14 heteroatoms. The highest BCUT2D eigenvalue weighted by Gasteiger charge is 2.38. The normalized spacial score (nSPS) is 19.7. The van der Waals surface area contributed by atoms with Gasteiger partial charge in [0.1, 0.15) is 5.82 Å². The molecule has 0 aromatic heterocycles. The lowest BCUT2D eigenvalue weighted by Crippen LogP contribution is -2.49. The van der Waals surface area contributed by atoms with Crippen molar-refractivity contribution in [3.8, 4) is 5.75 Å². The molecule has 0 amide bonds. The van der Waals surface area contributed by atoms with Gasteiger partial charge >= 0.3 is 18.1 Å². The van der Waals surface area contributed by atoms with E-state index in [-0.39, 0.29) is 17.6 Å². The number of aliphatic carboxylic acids is 1. The van der Waals surface area contributed by atoms with Crippen LogP contribution in [0.1, 0.15) is 37.8 Å². The van der Waals surface area contributed by atoms with Crippen molar-refractivity contribution in [2.24, 2.45) is 0 Å². The van der Waals surface area contributed by atoms with Gasteiger partial charge in [0.05, 0.1) is 17.8 Å². The Morgan fingerprint density at radius 1 is 1.10 bits per heavy atom. The number of likely N-dealkylation sites (tertiary alicyclic amines) is 1. The van der Waals surface area contributed by atoms with E-state index in [0.717, 1.165) is 37.5 Å². The number of rotatable bonds is 8. The lowest BCUT2D eigenvalue weighted by Gasteiger charge is -2.34. The Morgan fingerprint density at radius 2 is 1.71 bits per heavy atom. The Morgan fingerprint density at radius 3 is 2.26 bits per heavy atom. The molecular weight excluding hydrogens is 586 g/mol. The van der Waals surface area contributed by atoms with Crippen LogP contribution in [0.25, 0.3) is 0 Å². The van der Waals surface area contributed by atoms with E-state index in [1.165, 1.54) is 24.6 Å². The second kappa shape index (κ2) is 14.9. The lowest BCUT2D eigenvalue weighted by atomic mass is 10.0. The molecule has 0 unspecified atom stereocenters. The summed E-state index contributed by atoms with van der Waals surface area (Å²) in [5.74, 6) is -3.44. The summed E-state index contributed by atoms with van der Waals surface area (Å²) in [7, 11) is 0. The fourth-order valence-corrected chi connectivity index (χ4v) is 5.11. The molecule has 0 saturated carbocycles. The summed E-state index contributed by atoms with van der Waals surface area (Å²) in [6, 6.07) is 10.9. The van der Waals surface area contributed by atoms with Crippen molar-refractivity contribution in [1.29, 1.82) is 0 Å². The molecule has 2 aliphatic heterocycles. The van der Waals surface area contributed by atoms with Gasteiger partial charge in [0.2, 0.25) is 5.75 Å². The number of β-amino-alcohol motifs (C(OH)–C–C–N with tert-alkyl or cyclic N) is 1. The van der Waals surface area contributed by atoms with Crippen molar-refractivity contribution in [3.05, 3.63) is 58.4 Å². The van der Waals surface area contributed by atoms with E-state index >= 15 is 0 Å². The summed E-state index contributed by atoms with van der Waals surface area (Å²) in [5.41, 5.74) is 2.24. The molecule has 232 valence electrons. The zero-order valence-electron chi connectivity index (χ0n) is 23.2. The Labute approximate surface area is 245 Å². The first-order valence-electron chi connectivity index (χ1n) is 13.4. The summed E-state index contributed by atoms with van der Waals surface area (Å²) < 4.78 is 46.3. The molecule has 2 heterocycles. The minimum atomic E-state index is -5.08. The molecule has 2 atom stereocenters. The maximum absolute atomic E-state index is 14.6. The molecule has 42 heavy (non-hydrogen) atoms. The Hall–Kier alpha value is -3.13. The molecule has 0 spiro atoms. The highest BCUT2D eigenvalue weighted by Crippen LogP contribution is 2.37. The van der Waals surface area contributed by atoms with Gasteiger partial charge in [-0.05, 0) is 62.2 Å². The Kier molecular flexibility index (Phi) is 11.8. The smallest absolute Gasteiger partial charge is 0.475 e. The topological polar surface area (TPSA) is 112 Å². The third kappa shape index (κ3) is 9.45. The molecule has 3 N–H and O–H groups in total. The summed E-state index contributed by atoms with van der Waals surface area (Å²) in [5, 5.41) is 22.3. The molecule has 4 rings (SSSR count). The predicted molar refractivity (Wildman–Crippen MR) is 147 cm³/mol. The van der Waals surface area contributed by atoms with Gasteiger partial charge in [0.15, 0.2) is 0 Å². The number of aliphatic hydroxyl groups is 1. The van der Waals surface area contributed by atoms with Crippen molar-refractivity contribution in [2.75, 3.05) is 31.1 Å². The van der Waals surface area contributed by atoms with Crippen LogP contribution < -0.4 is 15.1 Å². The van der Waals surface area contributed by atoms with Gasteiger partial charge in [0, 0.05) is 43.2 Å². The molecule has 0 bridgehead atoms. The molecular formula is C28H34ClF4N3O6. The number of hydrogen-bond donors (Lipinski definition) is 3. The van der Waals surface area contributed by atoms with Crippen LogP contribution in [0.3, 0.4) is 0 Å². The average Bonchev–Trinajstić information content (AvgIpc) is 3.29. The van der Waals surface area contributed by atoms with Crippen molar-refractivity contribution in [2.45, 2.75) is 64.0 Å². The van der Waals surface area contributed by atoms with Crippen LogP contribution in [-0.4, -0.2) is 77.6 Å². The van der Waals surface area contributed by atoms with Crippen molar-refractivity contribution < 1.29 is 47.1 Å². The van der Waals surface area contributed by atoms with Gasteiger partial charge in [-0.25, -0.2) is 14.0 Å². The van der Waals surface area contributed by atoms with Crippen molar-refractivity contribution in [3.63, 3.8) is 0 Å². The quantitative estimate of drug-likeness (QED) is 0.226. The third-order valence-corrected chi connectivity index (χ3v) is 7.25. The lowest BCUT2D eigenvalue weighted by molar-refractivity contribution is -0.210. The van der Waals surface area contributed by atoms with Crippen LogP contribution in [0.4, 0.5) is 23.2 Å². The first kappa shape index (κ1) is 33.4. The summed E-state index contributed by atoms with van der Waals surface area (Å²) in [6.45, 7) is 6.77. The number of carboxylic acids is 1. The van der Waals surface area contributed by atoms with Crippen LogP contribution in [0, 0.1) is 5.82 Å². The van der Waals surface area contributed by atoms with Gasteiger partial charge in [-0.15, -0.1) is 0 Å². The SMILES string of the molecule is CCc1c(F)ccc(OOC(C)=O)c1N1C[C@H](NC2CCN(Cc3ccc(Cl)cc3)CC2)[C@@H](O)C1.O=C(O)C(F)(F)F. The van der Waals surface area contributed by atoms with E-state index in [1.54, 1.807) is 0 Å². The van der Waals surface area contributed by atoms with E-state index < -0.39 is 24.2 Å². The van der Waals surface area contributed by atoms with E-state index in [4.69, 9.17) is 31.3 Å². The van der Waals surface area contributed by atoms with Crippen LogP contribution in [0.5, 0.6) is 5.75 Å². The van der Waals surface area contributed by atoms with E-state index in [1.807, 2.05) is 24.0 Å². The van der Waals surface area contributed by atoms with Crippen LogP contribution in [0.2, 0.25) is 5.02 Å². The zero-order chi connectivity index (χ0) is 31.0. The number of alkyl halides is 3. The maximum Gasteiger partial charge on any atom is 0.490 e. The average molecular weight is 620 g/mol. The van der Waals surface area contributed by atoms with E-state index in [9.17, 15) is 27.5 Å². The fourth-order valence-electron chi connectivity index (χ4n) is 4.99. The van der Waals surface area contributed by atoms with Crippen LogP contribution >= 0.6 is 11.6 Å². The van der Waals surface area contributed by atoms with Gasteiger partial charge in [-0.1, -0.05) is 30.7 Å². The number of anilines is 1. The standard InChI is InChI=1S/C26H33ClFN3O4.C2HF3O2/c1-3-21-22(28)8-9-25(35-34-17(2)32)26(21)31-15-23(24(33)16-31)29-20-10-12-30(13-11-20)14-18-4-6-19(27)7-5-18;3-2(4,5)1(6)7/h4-9,20,23-24,29,33H,3,10-16H2,1-2H3;(H,6,7)/t23-,24-;/m0./s1.